The van der Waals surface area contributed by atoms with E-state index in [2.05, 4.69) is 55.0 Å². The number of carbonyl (C=O) groups excluding carboxylic acids is 3. The smallest absolute Gasteiger partial charge is 0.318 e. The van der Waals surface area contributed by atoms with Crippen LogP contribution in [0.25, 0.3) is 46.9 Å². The molecule has 37 heteroatoms. The van der Waals surface area contributed by atoms with E-state index < -0.39 is 0 Å². The number of aromatic hydroxyl groups is 1. The maximum Gasteiger partial charge on any atom is 0.318 e. The molecule has 138 heavy (non-hydrogen) atoms. The fourth-order valence-electron chi connectivity index (χ4n) is 18.2. The number of fused-ring (bicyclic) bond motifs is 6. The Kier molecular flexibility index (Phi) is 36.8. The van der Waals surface area contributed by atoms with Gasteiger partial charge in [0.25, 0.3) is 0 Å². The molecule has 0 unspecified atom stereocenters. The van der Waals surface area contributed by atoms with Gasteiger partial charge in [0, 0.05) is 178 Å². The first-order chi connectivity index (χ1) is 65.7. The van der Waals surface area contributed by atoms with Crippen LogP contribution < -0.4 is 43.6 Å². The number of phenolic OH excluding ortho intramolecular Hbond substituents is 1. The highest BCUT2D eigenvalue weighted by molar-refractivity contribution is 7.59. The van der Waals surface area contributed by atoms with Crippen LogP contribution in [0.1, 0.15) is 72.3 Å². The first-order valence-corrected chi connectivity index (χ1v) is 46.9. The molecule has 5 aromatic carbocycles. The van der Waals surface area contributed by atoms with Gasteiger partial charge in [-0.3, -0.25) is 19.4 Å². The molecule has 18 rings (SSSR count). The summed E-state index contributed by atoms with van der Waals surface area (Å²) in [5.74, 6) is 1.84. The predicted octanol–water partition coefficient (Wildman–Crippen LogP) is 11.1. The van der Waals surface area contributed by atoms with Crippen molar-refractivity contribution in [2.45, 2.75) is 114 Å². The third-order valence-electron chi connectivity index (χ3n) is 25.3. The SMILES string of the molecule is S.S.S.[C-]#[N+]C[C@H]1CN(c2nc(OCCOC3CC3)nc3c2CCN(c2cc(O)cc4ccccc24)C3)CCN1C(=O)/C=C/CN(C)C.[C-]#[N+]C[C@H]1CN(c2nc(OCCOC3CC3)nc3c2CCN(c2cccc4cccc(F)c24)C3)CCN1C(=O)/C=C/CN(C)C.[C-]#[N+]C[C@H]1CN(c2nc(OCCOC3CC3)nc3c2CCN(c2cncc4cccc(F)c24)C3)CCN1C(=O)/C=C/CN(C)C. The van der Waals surface area contributed by atoms with Crippen LogP contribution in [-0.4, -0.2) is 323 Å². The number of piperazine rings is 3. The van der Waals surface area contributed by atoms with Gasteiger partial charge in [-0.25, -0.2) is 28.5 Å². The molecule has 1 N–H and O–H groups in total. The second-order valence-electron chi connectivity index (χ2n) is 36.2. The molecule has 6 fully saturated rings. The molecule has 0 bridgehead atoms. The molecule has 10 heterocycles. The molecule has 9 aromatic rings. The van der Waals surface area contributed by atoms with Gasteiger partial charge in [0.15, 0.2) is 0 Å². The lowest BCUT2D eigenvalue weighted by Crippen LogP contribution is -2.56. The lowest BCUT2D eigenvalue weighted by molar-refractivity contribution is -0.129. The van der Waals surface area contributed by atoms with Crippen molar-refractivity contribution in [3.8, 4) is 23.8 Å². The minimum Gasteiger partial charge on any atom is -0.508 e. The summed E-state index contributed by atoms with van der Waals surface area (Å²) in [5.41, 5.74) is 8.14. The number of likely N-dealkylation sites (N-methyl/N-ethyl adjacent to an activating group) is 3. The number of ether oxygens (including phenoxy) is 6. The lowest BCUT2D eigenvalue weighted by Gasteiger charge is -2.41. The standard InChI is InChI=1S/C34H40FN7O3.C34H41N7O4.C33H39FN8O3.3H2S/c1-36-21-25-22-41(17-18-42(25)31(43)11-6-15-39(2)3)33-27-14-16-40(30-10-5-8-24-7-4-9-28(35)32(24)30)23-29(27)37-34(38-33)45-20-19-44-26-12-13-26;1-35-21-25-22-40(15-16-41(25)32(43)9-6-13-38(2)3)33-29-12-14-39(31-20-26(42)19-24-7-4-5-8-28(24)31)23-30(29)36-34(37-33)45-18-17-44-27-10-11-27;1-35-19-24-21-41(14-15-42(24)30(43)8-5-12-39(2)3)32-26-11-13-40(29-20-36-18-23-6-4-7-27(34)31(23)29)22-28(26)37-33(38-32)45-17-16-44-25-9-10-25;;;/h4-11,25-26H,12-23H2,2-3H3;4-9,19-20,25,27,42H,10-18,21-23H2,2-3H3;4-8,18,20,24-25H,9-17,19,21-22H2,2-3H3;3*1H2/b11-6+;9-6+;8-5+;;;/t2*25-;24-;;;/m000.../s1. The van der Waals surface area contributed by atoms with E-state index in [0.717, 1.165) is 135 Å². The van der Waals surface area contributed by atoms with Gasteiger partial charge >= 0.3 is 18.0 Å². The van der Waals surface area contributed by atoms with E-state index in [0.29, 0.717) is 205 Å². The zero-order chi connectivity index (χ0) is 94.0. The summed E-state index contributed by atoms with van der Waals surface area (Å²) >= 11 is 0. The second-order valence-corrected chi connectivity index (χ2v) is 36.2. The van der Waals surface area contributed by atoms with Gasteiger partial charge in [0.2, 0.25) is 37.4 Å². The van der Waals surface area contributed by atoms with Gasteiger partial charge in [-0.15, -0.1) is 0 Å². The van der Waals surface area contributed by atoms with E-state index in [1.165, 1.54) is 12.1 Å². The Labute approximate surface area is 827 Å². The molecule has 732 valence electrons. The summed E-state index contributed by atoms with van der Waals surface area (Å²) in [6.07, 6.45) is 23.4. The lowest BCUT2D eigenvalue weighted by atomic mass is 10.0. The summed E-state index contributed by atoms with van der Waals surface area (Å²) in [7, 11) is 11.7. The number of anilines is 6. The molecule has 4 aromatic heterocycles. The van der Waals surface area contributed by atoms with Crippen molar-refractivity contribution in [3.05, 3.63) is 220 Å². The van der Waals surface area contributed by atoms with Crippen molar-refractivity contribution in [3.63, 3.8) is 0 Å². The second kappa shape index (κ2) is 49.1. The number of hydrogen-bond acceptors (Lipinski definition) is 26. The fraction of sp³-hybridized carbons (Fsp3) is 0.475. The first-order valence-electron chi connectivity index (χ1n) is 46.9. The number of aromatic nitrogens is 7. The number of carbonyl (C=O) groups is 3. The molecule has 9 aliphatic rings. The number of amides is 3. The number of nitrogens with zero attached hydrogens (tertiary/aromatic N) is 22. The molecule has 6 aliphatic heterocycles. The Hall–Kier alpha value is -12.0. The molecule has 0 spiro atoms. The number of rotatable bonds is 33. The van der Waals surface area contributed by atoms with Crippen LogP contribution in [0.3, 0.4) is 0 Å². The van der Waals surface area contributed by atoms with Crippen LogP contribution in [0.15, 0.2) is 140 Å². The third-order valence-corrected chi connectivity index (χ3v) is 25.3. The molecular weight excluding hydrogens is 1820 g/mol. The van der Waals surface area contributed by atoms with Gasteiger partial charge in [-0.2, -0.15) is 70.4 Å². The number of halogens is 2. The van der Waals surface area contributed by atoms with E-state index in [1.807, 2.05) is 135 Å². The fourth-order valence-corrected chi connectivity index (χ4v) is 18.2. The van der Waals surface area contributed by atoms with E-state index in [-0.39, 0.29) is 125 Å². The molecular formula is C101H126F2N22O10S3. The van der Waals surface area contributed by atoms with Crippen LogP contribution in [-0.2, 0) is 67.5 Å². The molecule has 32 nitrogen and oxygen atoms in total. The Morgan fingerprint density at radius 2 is 0.783 bits per heavy atom. The topological polar surface area (TPSA) is 269 Å². The summed E-state index contributed by atoms with van der Waals surface area (Å²) in [6, 6.07) is 27.8. The van der Waals surface area contributed by atoms with Crippen LogP contribution in [0.4, 0.5) is 43.3 Å². The molecule has 3 saturated heterocycles. The number of phenols is 1. The Balaban J connectivity index is 0.000000173. The van der Waals surface area contributed by atoms with E-state index in [1.54, 1.807) is 58.6 Å². The van der Waals surface area contributed by atoms with Gasteiger partial charge in [-0.05, 0) is 135 Å². The summed E-state index contributed by atoms with van der Waals surface area (Å²) in [4.78, 5) is 108. The largest absolute Gasteiger partial charge is 0.508 e. The maximum atomic E-state index is 15.0. The molecule has 3 amide bonds. The van der Waals surface area contributed by atoms with Crippen molar-refractivity contribution < 1.29 is 56.7 Å². The summed E-state index contributed by atoms with van der Waals surface area (Å²) in [5, 5.41) is 15.3. The Morgan fingerprint density at radius 3 is 1.17 bits per heavy atom. The normalized spacial score (nSPS) is 18.1. The van der Waals surface area contributed by atoms with Crippen molar-refractivity contribution in [2.75, 3.05) is 229 Å². The van der Waals surface area contributed by atoms with E-state index >= 15 is 8.78 Å². The van der Waals surface area contributed by atoms with Crippen LogP contribution in [0, 0.1) is 31.4 Å². The maximum absolute atomic E-state index is 15.0. The van der Waals surface area contributed by atoms with Gasteiger partial charge in [0.1, 0.15) is 72.8 Å². The first kappa shape index (κ1) is 103. The minimum atomic E-state index is -0.284. The van der Waals surface area contributed by atoms with E-state index in [9.17, 15) is 19.5 Å². The Bertz CT molecular complexity index is 5490. The summed E-state index contributed by atoms with van der Waals surface area (Å²) < 4.78 is 65.5. The van der Waals surface area contributed by atoms with Crippen LogP contribution in [0.5, 0.6) is 23.8 Å². The minimum absolute atomic E-state index is 0. The highest BCUT2D eigenvalue weighted by Crippen LogP contribution is 2.42. The average Bonchev–Trinajstić information content (AvgIpc) is 1.53. The van der Waals surface area contributed by atoms with Gasteiger partial charge in [-0.1, -0.05) is 78.9 Å². The molecule has 3 atom stereocenters. The van der Waals surface area contributed by atoms with Crippen molar-refractivity contribution >= 4 is 125 Å². The quantitative estimate of drug-likeness (QED) is 0.0227. The van der Waals surface area contributed by atoms with E-state index in [4.69, 9.17) is 78.0 Å². The van der Waals surface area contributed by atoms with Gasteiger partial charge in [0.05, 0.1) is 86.7 Å². The highest BCUT2D eigenvalue weighted by Gasteiger charge is 2.41. The Morgan fingerprint density at radius 1 is 0.420 bits per heavy atom. The van der Waals surface area contributed by atoms with Crippen LogP contribution >= 0.6 is 40.5 Å². The van der Waals surface area contributed by atoms with Crippen LogP contribution in [0.2, 0.25) is 0 Å². The van der Waals surface area contributed by atoms with Gasteiger partial charge < -0.3 is 107 Å². The zero-order valence-electron chi connectivity index (χ0n) is 79.4. The monoisotopic (exact) mass is 1940 g/mol. The number of hydrogen-bond donors (Lipinski definition) is 1. The summed E-state index contributed by atoms with van der Waals surface area (Å²) in [6.45, 7) is 36.0. The highest BCUT2D eigenvalue weighted by atomic mass is 32.1. The third kappa shape index (κ3) is 26.5. The van der Waals surface area contributed by atoms with Crippen molar-refractivity contribution in [1.82, 2.24) is 64.3 Å². The number of benzene rings is 5. The molecule has 3 saturated carbocycles. The van der Waals surface area contributed by atoms with Crippen molar-refractivity contribution in [1.29, 1.82) is 0 Å². The predicted molar refractivity (Wildman–Crippen MR) is 547 cm³/mol. The molecule has 0 radical (unpaired) electrons. The molecule has 3 aliphatic carbocycles. The van der Waals surface area contributed by atoms with Crippen molar-refractivity contribution in [2.24, 2.45) is 0 Å². The zero-order valence-corrected chi connectivity index (χ0v) is 82.4. The number of pyridine rings is 1. The average molecular weight is 1940 g/mol.